The Kier molecular flexibility index (Phi) is 1.70. The molecule has 2 N–H and O–H groups in total. The molecular weight excluding hydrogens is 192 g/mol. The highest BCUT2D eigenvalue weighted by molar-refractivity contribution is 7.13. The minimum absolute atomic E-state index is 0.603. The fourth-order valence-electron chi connectivity index (χ4n) is 1.10. The summed E-state index contributed by atoms with van der Waals surface area (Å²) in [6.45, 7) is 1.96. The standard InChI is InChI=1S/C8H7ClN2S/c1-4-5-2-7(10)6(9)3-8(5)12-11-4/h2-3H,10H2,1H3. The van der Waals surface area contributed by atoms with E-state index in [0.717, 1.165) is 15.8 Å². The monoisotopic (exact) mass is 198 g/mol. The third kappa shape index (κ3) is 1.06. The maximum absolute atomic E-state index is 5.85. The first-order valence-corrected chi connectivity index (χ1v) is 4.64. The molecule has 0 radical (unpaired) electrons. The fourth-order valence-corrected chi connectivity index (χ4v) is 2.13. The van der Waals surface area contributed by atoms with Gasteiger partial charge in [-0.2, -0.15) is 4.37 Å². The minimum atomic E-state index is 0.603. The van der Waals surface area contributed by atoms with E-state index in [0.29, 0.717) is 10.7 Å². The molecule has 2 rings (SSSR count). The van der Waals surface area contributed by atoms with E-state index in [1.165, 1.54) is 11.5 Å². The Morgan fingerprint density at radius 3 is 3.00 bits per heavy atom. The molecule has 1 aromatic carbocycles. The lowest BCUT2D eigenvalue weighted by molar-refractivity contribution is 1.37. The molecule has 0 saturated heterocycles. The topological polar surface area (TPSA) is 38.9 Å². The van der Waals surface area contributed by atoms with Crippen molar-refractivity contribution in [2.45, 2.75) is 6.92 Å². The minimum Gasteiger partial charge on any atom is -0.398 e. The number of aryl methyl sites for hydroxylation is 1. The summed E-state index contributed by atoms with van der Waals surface area (Å²) in [5.41, 5.74) is 7.29. The molecule has 0 amide bonds. The molecule has 0 atom stereocenters. The van der Waals surface area contributed by atoms with E-state index in [2.05, 4.69) is 4.37 Å². The summed E-state index contributed by atoms with van der Waals surface area (Å²) in [4.78, 5) is 0. The van der Waals surface area contributed by atoms with Gasteiger partial charge in [-0.15, -0.1) is 0 Å². The summed E-state index contributed by atoms with van der Waals surface area (Å²) in [5, 5.41) is 1.70. The van der Waals surface area contributed by atoms with Crippen LogP contribution in [-0.2, 0) is 0 Å². The predicted octanol–water partition coefficient (Wildman–Crippen LogP) is 2.84. The zero-order valence-corrected chi connectivity index (χ0v) is 8.04. The molecule has 0 fully saturated rings. The molecule has 0 aliphatic heterocycles. The van der Waals surface area contributed by atoms with Gasteiger partial charge in [-0.3, -0.25) is 0 Å². The Hall–Kier alpha value is -0.800. The van der Waals surface area contributed by atoms with Crippen molar-refractivity contribution in [3.8, 4) is 0 Å². The van der Waals surface area contributed by atoms with Gasteiger partial charge in [-0.25, -0.2) is 0 Å². The number of fused-ring (bicyclic) bond motifs is 1. The number of hydrogen-bond acceptors (Lipinski definition) is 3. The Labute approximate surface area is 79.1 Å². The molecule has 0 aliphatic rings. The van der Waals surface area contributed by atoms with Crippen molar-refractivity contribution in [1.82, 2.24) is 4.37 Å². The Morgan fingerprint density at radius 1 is 1.50 bits per heavy atom. The number of hydrogen-bond donors (Lipinski definition) is 1. The molecule has 12 heavy (non-hydrogen) atoms. The van der Waals surface area contributed by atoms with Crippen molar-refractivity contribution < 1.29 is 0 Å². The van der Waals surface area contributed by atoms with Crippen LogP contribution in [0, 0.1) is 6.92 Å². The quantitative estimate of drug-likeness (QED) is 0.662. The van der Waals surface area contributed by atoms with Gasteiger partial charge >= 0.3 is 0 Å². The summed E-state index contributed by atoms with van der Waals surface area (Å²) >= 11 is 7.30. The highest BCUT2D eigenvalue weighted by atomic mass is 35.5. The first-order chi connectivity index (χ1) is 5.68. The van der Waals surface area contributed by atoms with E-state index in [4.69, 9.17) is 17.3 Å². The summed E-state index contributed by atoms with van der Waals surface area (Å²) in [6.07, 6.45) is 0. The predicted molar refractivity (Wildman–Crippen MR) is 53.8 cm³/mol. The molecule has 0 spiro atoms. The molecule has 0 unspecified atom stereocenters. The largest absolute Gasteiger partial charge is 0.398 e. The summed E-state index contributed by atoms with van der Waals surface area (Å²) in [5.74, 6) is 0. The molecule has 2 nitrogen and oxygen atoms in total. The third-order valence-electron chi connectivity index (χ3n) is 1.77. The van der Waals surface area contributed by atoms with Gasteiger partial charge in [0.1, 0.15) is 0 Å². The van der Waals surface area contributed by atoms with E-state index in [9.17, 15) is 0 Å². The molecule has 2 aromatic rings. The van der Waals surface area contributed by atoms with E-state index < -0.39 is 0 Å². The van der Waals surface area contributed by atoms with Crippen molar-refractivity contribution in [1.29, 1.82) is 0 Å². The average Bonchev–Trinajstić information content (AvgIpc) is 2.35. The van der Waals surface area contributed by atoms with Crippen LogP contribution < -0.4 is 5.73 Å². The molecule has 1 heterocycles. The maximum Gasteiger partial charge on any atom is 0.0650 e. The van der Waals surface area contributed by atoms with E-state index in [-0.39, 0.29) is 0 Å². The van der Waals surface area contributed by atoms with Gasteiger partial charge in [-0.05, 0) is 30.6 Å². The zero-order valence-electron chi connectivity index (χ0n) is 6.47. The van der Waals surface area contributed by atoms with Crippen LogP contribution >= 0.6 is 23.1 Å². The summed E-state index contributed by atoms with van der Waals surface area (Å²) in [6, 6.07) is 3.73. The lowest BCUT2D eigenvalue weighted by atomic mass is 10.2. The average molecular weight is 199 g/mol. The maximum atomic E-state index is 5.85. The molecule has 1 aromatic heterocycles. The van der Waals surface area contributed by atoms with Gasteiger partial charge in [-0.1, -0.05) is 11.6 Å². The van der Waals surface area contributed by atoms with Gasteiger partial charge in [0.05, 0.1) is 21.1 Å². The molecule has 0 aliphatic carbocycles. The zero-order chi connectivity index (χ0) is 8.72. The van der Waals surface area contributed by atoms with Crippen LogP contribution in [0.1, 0.15) is 5.69 Å². The van der Waals surface area contributed by atoms with Crippen LogP contribution in [0.5, 0.6) is 0 Å². The first-order valence-electron chi connectivity index (χ1n) is 3.49. The van der Waals surface area contributed by atoms with E-state index in [1.54, 1.807) is 0 Å². The van der Waals surface area contributed by atoms with Crippen molar-refractivity contribution in [3.63, 3.8) is 0 Å². The molecule has 0 saturated carbocycles. The van der Waals surface area contributed by atoms with Crippen LogP contribution in [-0.4, -0.2) is 4.37 Å². The molecular formula is C8H7ClN2S. The van der Waals surface area contributed by atoms with Gasteiger partial charge in [0.2, 0.25) is 0 Å². The number of aromatic nitrogens is 1. The normalized spacial score (nSPS) is 10.8. The fraction of sp³-hybridized carbons (Fsp3) is 0.125. The van der Waals surface area contributed by atoms with Gasteiger partial charge in [0, 0.05) is 5.39 Å². The van der Waals surface area contributed by atoms with Crippen molar-refractivity contribution in [2.75, 3.05) is 5.73 Å². The smallest absolute Gasteiger partial charge is 0.0650 e. The van der Waals surface area contributed by atoms with Crippen molar-refractivity contribution in [2.24, 2.45) is 0 Å². The summed E-state index contributed by atoms with van der Waals surface area (Å²) < 4.78 is 5.29. The second kappa shape index (κ2) is 2.61. The highest BCUT2D eigenvalue weighted by Crippen LogP contribution is 2.29. The lowest BCUT2D eigenvalue weighted by Gasteiger charge is -1.96. The van der Waals surface area contributed by atoms with Gasteiger partial charge < -0.3 is 5.73 Å². The number of nitrogens with zero attached hydrogens (tertiary/aromatic N) is 1. The van der Waals surface area contributed by atoms with Crippen LogP contribution in [0.3, 0.4) is 0 Å². The van der Waals surface area contributed by atoms with Crippen molar-refractivity contribution >= 4 is 38.9 Å². The van der Waals surface area contributed by atoms with Crippen LogP contribution in [0.2, 0.25) is 5.02 Å². The summed E-state index contributed by atoms with van der Waals surface area (Å²) in [7, 11) is 0. The molecule has 4 heteroatoms. The number of benzene rings is 1. The van der Waals surface area contributed by atoms with Crippen molar-refractivity contribution in [3.05, 3.63) is 22.8 Å². The lowest BCUT2D eigenvalue weighted by Crippen LogP contribution is -1.85. The van der Waals surface area contributed by atoms with Crippen LogP contribution in [0.15, 0.2) is 12.1 Å². The second-order valence-electron chi connectivity index (χ2n) is 2.64. The Bertz CT molecular complexity index is 436. The molecule has 62 valence electrons. The van der Waals surface area contributed by atoms with Gasteiger partial charge in [0.25, 0.3) is 0 Å². The number of halogens is 1. The Balaban J connectivity index is 2.87. The SMILES string of the molecule is Cc1nsc2cc(Cl)c(N)cc12. The molecule has 0 bridgehead atoms. The van der Waals surface area contributed by atoms with E-state index in [1.807, 2.05) is 19.1 Å². The third-order valence-corrected chi connectivity index (χ3v) is 3.00. The van der Waals surface area contributed by atoms with Gasteiger partial charge in [0.15, 0.2) is 0 Å². The number of nitrogens with two attached hydrogens (primary N) is 1. The van der Waals surface area contributed by atoms with Crippen LogP contribution in [0.4, 0.5) is 5.69 Å². The second-order valence-corrected chi connectivity index (χ2v) is 3.85. The number of nitrogen functional groups attached to an aromatic ring is 1. The Morgan fingerprint density at radius 2 is 2.25 bits per heavy atom. The first kappa shape index (κ1) is 7.83. The number of anilines is 1. The van der Waals surface area contributed by atoms with Crippen LogP contribution in [0.25, 0.3) is 10.1 Å². The number of rotatable bonds is 0. The highest BCUT2D eigenvalue weighted by Gasteiger charge is 2.04. The van der Waals surface area contributed by atoms with E-state index >= 15 is 0 Å².